The van der Waals surface area contributed by atoms with E-state index in [-0.39, 0.29) is 0 Å². The zero-order valence-electron chi connectivity index (χ0n) is 11.3. The van der Waals surface area contributed by atoms with Crippen molar-refractivity contribution in [2.75, 3.05) is 6.54 Å². The summed E-state index contributed by atoms with van der Waals surface area (Å²) in [4.78, 5) is 4.39. The Balaban J connectivity index is 2.16. The standard InChI is InChI=1S/C16H19N3/c1-2-5-16-18-10-11-19(16)13-15-7-3-6-14(12-15)8-4-9-17/h3,6-7,10-12H,2,5,9,13,17H2,1H3. The zero-order valence-corrected chi connectivity index (χ0v) is 11.3. The number of aromatic nitrogens is 2. The molecule has 3 heteroatoms. The lowest BCUT2D eigenvalue weighted by molar-refractivity contribution is 0.705. The van der Waals surface area contributed by atoms with Crippen LogP contribution in [0.2, 0.25) is 0 Å². The molecule has 0 bridgehead atoms. The van der Waals surface area contributed by atoms with Crippen molar-refractivity contribution >= 4 is 0 Å². The van der Waals surface area contributed by atoms with Gasteiger partial charge in [0.1, 0.15) is 5.82 Å². The third-order valence-electron chi connectivity index (χ3n) is 2.89. The second-order valence-corrected chi connectivity index (χ2v) is 4.43. The summed E-state index contributed by atoms with van der Waals surface area (Å²) in [5, 5.41) is 0. The molecule has 0 fully saturated rings. The minimum Gasteiger partial charge on any atom is -0.331 e. The van der Waals surface area contributed by atoms with E-state index in [1.807, 2.05) is 24.5 Å². The molecule has 0 saturated heterocycles. The molecule has 0 unspecified atom stereocenters. The molecule has 0 amide bonds. The second-order valence-electron chi connectivity index (χ2n) is 4.43. The Labute approximate surface area is 114 Å². The number of imidazole rings is 1. The summed E-state index contributed by atoms with van der Waals surface area (Å²) in [5.74, 6) is 7.08. The van der Waals surface area contributed by atoms with E-state index in [9.17, 15) is 0 Å². The van der Waals surface area contributed by atoms with Gasteiger partial charge >= 0.3 is 0 Å². The fraction of sp³-hybridized carbons (Fsp3) is 0.312. The lowest BCUT2D eigenvalue weighted by Gasteiger charge is -2.07. The van der Waals surface area contributed by atoms with Crippen LogP contribution in [-0.4, -0.2) is 16.1 Å². The number of benzene rings is 1. The first kappa shape index (κ1) is 13.4. The van der Waals surface area contributed by atoms with Gasteiger partial charge in [0.05, 0.1) is 6.54 Å². The zero-order chi connectivity index (χ0) is 13.5. The van der Waals surface area contributed by atoms with Crippen molar-refractivity contribution in [3.63, 3.8) is 0 Å². The number of hydrogen-bond acceptors (Lipinski definition) is 2. The minimum absolute atomic E-state index is 0.395. The van der Waals surface area contributed by atoms with Gasteiger partial charge in [0.25, 0.3) is 0 Å². The van der Waals surface area contributed by atoms with E-state index in [4.69, 9.17) is 5.73 Å². The summed E-state index contributed by atoms with van der Waals surface area (Å²) in [6.45, 7) is 3.40. The van der Waals surface area contributed by atoms with Crippen LogP contribution in [0.4, 0.5) is 0 Å². The molecule has 1 aromatic carbocycles. The van der Waals surface area contributed by atoms with Crippen LogP contribution in [0.5, 0.6) is 0 Å². The van der Waals surface area contributed by atoms with Crippen molar-refractivity contribution in [2.24, 2.45) is 5.73 Å². The number of aryl methyl sites for hydroxylation is 1. The molecule has 0 aliphatic carbocycles. The minimum atomic E-state index is 0.395. The van der Waals surface area contributed by atoms with E-state index in [2.05, 4.69) is 40.4 Å². The van der Waals surface area contributed by atoms with E-state index in [1.54, 1.807) is 0 Å². The molecule has 2 rings (SSSR count). The third-order valence-corrected chi connectivity index (χ3v) is 2.89. The maximum atomic E-state index is 5.39. The first-order chi connectivity index (χ1) is 9.33. The molecule has 0 aliphatic heterocycles. The molecule has 0 aliphatic rings. The highest BCUT2D eigenvalue weighted by Crippen LogP contribution is 2.09. The predicted octanol–water partition coefficient (Wildman–Crippen LogP) is 2.19. The van der Waals surface area contributed by atoms with Gasteiger partial charge in [0.15, 0.2) is 0 Å². The molecule has 98 valence electrons. The van der Waals surface area contributed by atoms with E-state index >= 15 is 0 Å². The smallest absolute Gasteiger partial charge is 0.108 e. The second kappa shape index (κ2) is 6.77. The molecule has 0 spiro atoms. The van der Waals surface area contributed by atoms with Gasteiger partial charge in [-0.25, -0.2) is 4.98 Å². The summed E-state index contributed by atoms with van der Waals surface area (Å²) in [6, 6.07) is 8.26. The first-order valence-corrected chi connectivity index (χ1v) is 6.61. The predicted molar refractivity (Wildman–Crippen MR) is 77.7 cm³/mol. The molecule has 2 aromatic rings. The molecule has 2 N–H and O–H groups in total. The quantitative estimate of drug-likeness (QED) is 0.849. The monoisotopic (exact) mass is 253 g/mol. The molecular weight excluding hydrogens is 234 g/mol. The summed E-state index contributed by atoms with van der Waals surface area (Å²) < 4.78 is 2.19. The molecule has 1 aromatic heterocycles. The Morgan fingerprint density at radius 3 is 3.05 bits per heavy atom. The molecule has 1 heterocycles. The van der Waals surface area contributed by atoms with Crippen molar-refractivity contribution in [3.8, 4) is 11.8 Å². The summed E-state index contributed by atoms with van der Waals surface area (Å²) in [7, 11) is 0. The van der Waals surface area contributed by atoms with Gasteiger partial charge in [0.2, 0.25) is 0 Å². The van der Waals surface area contributed by atoms with Crippen LogP contribution in [-0.2, 0) is 13.0 Å². The Kier molecular flexibility index (Phi) is 4.77. The van der Waals surface area contributed by atoms with Crippen molar-refractivity contribution in [1.29, 1.82) is 0 Å². The molecule has 3 nitrogen and oxygen atoms in total. The van der Waals surface area contributed by atoms with Crippen molar-refractivity contribution in [2.45, 2.75) is 26.3 Å². The van der Waals surface area contributed by atoms with E-state index in [1.165, 1.54) is 5.56 Å². The molecule has 0 saturated carbocycles. The summed E-state index contributed by atoms with van der Waals surface area (Å²) in [5.41, 5.74) is 7.64. The van der Waals surface area contributed by atoms with Crippen molar-refractivity contribution < 1.29 is 0 Å². The Morgan fingerprint density at radius 1 is 1.37 bits per heavy atom. The van der Waals surface area contributed by atoms with Gasteiger partial charge in [-0.3, -0.25) is 0 Å². The highest BCUT2D eigenvalue weighted by Gasteiger charge is 2.02. The SMILES string of the molecule is CCCc1nccn1Cc1cccc(C#CCN)c1. The highest BCUT2D eigenvalue weighted by atomic mass is 15.1. The highest BCUT2D eigenvalue weighted by molar-refractivity contribution is 5.37. The number of rotatable bonds is 4. The first-order valence-electron chi connectivity index (χ1n) is 6.61. The van der Waals surface area contributed by atoms with E-state index < -0.39 is 0 Å². The molecule has 0 atom stereocenters. The fourth-order valence-electron chi connectivity index (χ4n) is 2.03. The number of nitrogens with two attached hydrogens (primary N) is 1. The lowest BCUT2D eigenvalue weighted by atomic mass is 10.1. The lowest BCUT2D eigenvalue weighted by Crippen LogP contribution is -2.04. The average Bonchev–Trinajstić information content (AvgIpc) is 2.85. The van der Waals surface area contributed by atoms with Crippen molar-refractivity contribution in [3.05, 3.63) is 53.6 Å². The summed E-state index contributed by atoms with van der Waals surface area (Å²) in [6.07, 6.45) is 6.02. The van der Waals surface area contributed by atoms with Gasteiger partial charge in [0, 0.05) is 30.9 Å². The van der Waals surface area contributed by atoms with Crippen LogP contribution >= 0.6 is 0 Å². The summed E-state index contributed by atoms with van der Waals surface area (Å²) >= 11 is 0. The van der Waals surface area contributed by atoms with Gasteiger partial charge in [-0.05, 0) is 24.1 Å². The Bertz CT molecular complexity index is 587. The molecular formula is C16H19N3. The number of hydrogen-bond donors (Lipinski definition) is 1. The third kappa shape index (κ3) is 3.70. The Morgan fingerprint density at radius 2 is 2.26 bits per heavy atom. The largest absolute Gasteiger partial charge is 0.331 e. The number of nitrogens with zero attached hydrogens (tertiary/aromatic N) is 2. The van der Waals surface area contributed by atoms with Crippen molar-refractivity contribution in [1.82, 2.24) is 9.55 Å². The topological polar surface area (TPSA) is 43.8 Å². The molecule has 19 heavy (non-hydrogen) atoms. The van der Waals surface area contributed by atoms with E-state index in [0.717, 1.165) is 30.8 Å². The van der Waals surface area contributed by atoms with Crippen LogP contribution in [0.1, 0.15) is 30.3 Å². The van der Waals surface area contributed by atoms with E-state index in [0.29, 0.717) is 6.54 Å². The average molecular weight is 253 g/mol. The maximum absolute atomic E-state index is 5.39. The van der Waals surface area contributed by atoms with Gasteiger partial charge < -0.3 is 10.3 Å². The normalized spacial score (nSPS) is 10.0. The molecule has 0 radical (unpaired) electrons. The van der Waals surface area contributed by atoms with Crippen LogP contribution in [0.25, 0.3) is 0 Å². The van der Waals surface area contributed by atoms with Crippen LogP contribution in [0.3, 0.4) is 0 Å². The van der Waals surface area contributed by atoms with Crippen LogP contribution in [0.15, 0.2) is 36.7 Å². The van der Waals surface area contributed by atoms with Crippen LogP contribution in [0, 0.1) is 11.8 Å². The maximum Gasteiger partial charge on any atom is 0.108 e. The van der Waals surface area contributed by atoms with Gasteiger partial charge in [-0.15, -0.1) is 0 Å². The van der Waals surface area contributed by atoms with Gasteiger partial charge in [-0.2, -0.15) is 0 Å². The van der Waals surface area contributed by atoms with Crippen LogP contribution < -0.4 is 5.73 Å². The fourth-order valence-corrected chi connectivity index (χ4v) is 2.03. The Hall–Kier alpha value is -2.05. The van der Waals surface area contributed by atoms with Gasteiger partial charge in [-0.1, -0.05) is 30.9 Å².